The van der Waals surface area contributed by atoms with Gasteiger partial charge in [-0.1, -0.05) is 0 Å². The molecule has 0 unspecified atom stereocenters. The zero-order valence-corrected chi connectivity index (χ0v) is 24.8. The Labute approximate surface area is 262 Å². The number of hydrogen-bond donors (Lipinski definition) is 14. The zero-order valence-electron chi connectivity index (χ0n) is 24.8. The highest BCUT2D eigenvalue weighted by Crippen LogP contribution is 2.07. The topological polar surface area (TPSA) is 378 Å². The number of primary amides is 1. The molecule has 2 aliphatic rings. The molecule has 0 bridgehead atoms. The molecule has 0 spiro atoms. The molecule has 256 valence electrons. The second kappa shape index (κ2) is 18.0. The van der Waals surface area contributed by atoms with E-state index in [-0.39, 0.29) is 31.9 Å². The summed E-state index contributed by atoms with van der Waals surface area (Å²) in [5, 5.41) is 28.6. The molecule has 2 rings (SSSR count). The van der Waals surface area contributed by atoms with Gasteiger partial charge in [0.1, 0.15) is 29.9 Å². The molecule has 0 aromatic rings. The molecule has 22 nitrogen and oxygen atoms in total. The molecule has 1 fully saturated rings. The predicted molar refractivity (Wildman–Crippen MR) is 160 cm³/mol. The van der Waals surface area contributed by atoms with Gasteiger partial charge in [0.25, 0.3) is 5.91 Å². The van der Waals surface area contributed by atoms with Crippen molar-refractivity contribution >= 4 is 47.4 Å². The lowest BCUT2D eigenvalue weighted by atomic mass is 10.0. The van der Waals surface area contributed by atoms with E-state index in [0.717, 1.165) is 6.20 Å². The average molecular weight is 655 g/mol. The number of nitrogens with one attached hydrogen (secondary N) is 8. The van der Waals surface area contributed by atoms with Gasteiger partial charge < -0.3 is 76.3 Å². The monoisotopic (exact) mass is 654 g/mol. The van der Waals surface area contributed by atoms with Crippen LogP contribution >= 0.6 is 0 Å². The van der Waals surface area contributed by atoms with Crippen molar-refractivity contribution in [2.75, 3.05) is 32.8 Å². The molecule has 2 heterocycles. The van der Waals surface area contributed by atoms with Crippen molar-refractivity contribution < 1.29 is 38.7 Å². The van der Waals surface area contributed by atoms with Crippen molar-refractivity contribution in [3.8, 4) is 0 Å². The lowest BCUT2D eigenvalue weighted by molar-refractivity contribution is -0.134. The highest BCUT2D eigenvalue weighted by Gasteiger charge is 2.35. The highest BCUT2D eigenvalue weighted by atomic mass is 16.3. The number of aliphatic imine (C=N–C) groups is 1. The number of aliphatic hydroxyl groups excluding tert-OH is 1. The Hall–Kier alpha value is -5.06. The largest absolute Gasteiger partial charge is 0.394 e. The first-order chi connectivity index (χ1) is 21.8. The summed E-state index contributed by atoms with van der Waals surface area (Å²) in [6.45, 7) is -1.51. The number of nitrogens with zero attached hydrogens (tertiary/aromatic N) is 1. The Morgan fingerprint density at radius 3 is 2.35 bits per heavy atom. The van der Waals surface area contributed by atoms with E-state index < -0.39 is 103 Å². The molecule has 0 aromatic carbocycles. The van der Waals surface area contributed by atoms with E-state index in [9.17, 15) is 38.7 Å². The Morgan fingerprint density at radius 2 is 1.72 bits per heavy atom. The van der Waals surface area contributed by atoms with Crippen LogP contribution in [0.15, 0.2) is 16.9 Å². The Morgan fingerprint density at radius 1 is 1.02 bits per heavy atom. The van der Waals surface area contributed by atoms with Crippen molar-refractivity contribution in [2.45, 2.75) is 55.5 Å². The summed E-state index contributed by atoms with van der Waals surface area (Å²) < 4.78 is 0. The molecular weight excluding hydrogens is 612 g/mol. The summed E-state index contributed by atoms with van der Waals surface area (Å²) in [6.07, 6.45) is 1.61. The number of amides is 8. The van der Waals surface area contributed by atoms with E-state index in [2.05, 4.69) is 42.2 Å². The average Bonchev–Trinajstić information content (AvgIpc) is 3.02. The van der Waals surface area contributed by atoms with Crippen molar-refractivity contribution in [1.82, 2.24) is 42.5 Å². The minimum atomic E-state index is -1.65. The second-order valence-corrected chi connectivity index (χ2v) is 10.3. The third-order valence-electron chi connectivity index (χ3n) is 6.71. The number of urea groups is 1. The number of guanidine groups is 1. The summed E-state index contributed by atoms with van der Waals surface area (Å²) in [5.74, 6) is -5.78. The first-order valence-electron chi connectivity index (χ1n) is 14.2. The normalized spacial score (nSPS) is 26.6. The molecule has 22 heteroatoms. The highest BCUT2D eigenvalue weighted by molar-refractivity contribution is 6.02. The first kappa shape index (κ1) is 37.1. The van der Waals surface area contributed by atoms with Gasteiger partial charge in [-0.15, -0.1) is 0 Å². The van der Waals surface area contributed by atoms with Crippen LogP contribution in [-0.2, 0) is 28.8 Å². The van der Waals surface area contributed by atoms with Crippen LogP contribution in [0.25, 0.3) is 0 Å². The van der Waals surface area contributed by atoms with Crippen LogP contribution in [0.2, 0.25) is 0 Å². The minimum Gasteiger partial charge on any atom is -0.394 e. The lowest BCUT2D eigenvalue weighted by Gasteiger charge is -2.31. The van der Waals surface area contributed by atoms with E-state index in [4.69, 9.17) is 28.7 Å². The Kier molecular flexibility index (Phi) is 14.6. The summed E-state index contributed by atoms with van der Waals surface area (Å²) in [6, 6.07) is -9.04. The number of carbonyl (C=O) groups is 7. The van der Waals surface area contributed by atoms with Crippen LogP contribution in [0, 0.1) is 0 Å². The zero-order chi connectivity index (χ0) is 34.4. The molecule has 1 saturated heterocycles. The van der Waals surface area contributed by atoms with Crippen LogP contribution in [0.4, 0.5) is 4.79 Å². The first-order valence-corrected chi connectivity index (χ1v) is 14.2. The molecule has 0 radical (unpaired) electrons. The molecule has 46 heavy (non-hydrogen) atoms. The number of carbonyl (C=O) groups excluding carboxylic acids is 7. The van der Waals surface area contributed by atoms with Gasteiger partial charge in [-0.05, 0) is 25.8 Å². The van der Waals surface area contributed by atoms with E-state index in [1.165, 1.54) is 0 Å². The van der Waals surface area contributed by atoms with Gasteiger partial charge in [-0.25, -0.2) is 4.79 Å². The molecule has 0 aromatic heterocycles. The van der Waals surface area contributed by atoms with E-state index in [0.29, 0.717) is 6.42 Å². The number of nitrogens with two attached hydrogens (primary N) is 5. The van der Waals surface area contributed by atoms with Gasteiger partial charge in [-0.2, -0.15) is 0 Å². The molecule has 2 aliphatic heterocycles. The fourth-order valence-electron chi connectivity index (χ4n) is 4.14. The van der Waals surface area contributed by atoms with Gasteiger partial charge in [0.15, 0.2) is 5.96 Å². The molecule has 0 saturated carbocycles. The van der Waals surface area contributed by atoms with Gasteiger partial charge in [0, 0.05) is 25.8 Å². The standard InChI is InChI=1S/C24H42N14O8/c25-4-1-2-10(26)17(40)32-7-13-19(42)34-14(8-33-24(29)46)20(43)38-16(12-3-5-30-23(28)37-12)22(45)31-6-11(27)18(41)36-15(9-39)21(44)35-13/h8,10-13,15-16,39H,1-7,9,25-27H2,(H,31,45)(H,32,40)(H,34,42)(H,35,44)(H,36,41)(H,38,43)(H3,28,30,37)(H3,29,33,46)/b14-8+/t10-,11-,12+,13-,15-,16-/m0/s1. The molecule has 19 N–H and O–H groups in total. The maximum Gasteiger partial charge on any atom is 0.316 e. The van der Waals surface area contributed by atoms with Gasteiger partial charge in [0.2, 0.25) is 29.5 Å². The van der Waals surface area contributed by atoms with Crippen LogP contribution in [0.1, 0.15) is 19.3 Å². The van der Waals surface area contributed by atoms with E-state index in [1.807, 2.05) is 5.32 Å². The van der Waals surface area contributed by atoms with E-state index >= 15 is 0 Å². The Bertz CT molecular complexity index is 1230. The maximum absolute atomic E-state index is 13.4. The third kappa shape index (κ3) is 11.5. The summed E-state index contributed by atoms with van der Waals surface area (Å²) in [7, 11) is 0. The van der Waals surface area contributed by atoms with Crippen LogP contribution in [0.3, 0.4) is 0 Å². The second-order valence-electron chi connectivity index (χ2n) is 10.3. The summed E-state index contributed by atoms with van der Waals surface area (Å²) >= 11 is 0. The minimum absolute atomic E-state index is 0.0144. The van der Waals surface area contributed by atoms with Crippen molar-refractivity contribution in [3.63, 3.8) is 0 Å². The molecular formula is C24H42N14O8. The quantitative estimate of drug-likeness (QED) is 0.103. The predicted octanol–water partition coefficient (Wildman–Crippen LogP) is -8.62. The lowest BCUT2D eigenvalue weighted by Crippen LogP contribution is -2.64. The van der Waals surface area contributed by atoms with Gasteiger partial charge in [-0.3, -0.25) is 33.8 Å². The number of hydrogen-bond acceptors (Lipinski definition) is 14. The molecule has 0 aliphatic carbocycles. The summed E-state index contributed by atoms with van der Waals surface area (Å²) in [5.41, 5.74) is 27.4. The number of aliphatic hydroxyl groups is 1. The number of rotatable bonds is 9. The third-order valence-corrected chi connectivity index (χ3v) is 6.71. The SMILES string of the molecule is NCCC[C@H](N)C(=O)NC[C@@H]1NC(=O)[C@H](CO)NC(=O)[C@@H](N)CNC(=O)[C@H]([C@H]2CCN=C(N)N2)NC(=O)/C(=C\NC(N)=O)NC1=O. The van der Waals surface area contributed by atoms with Crippen LogP contribution < -0.4 is 71.2 Å². The molecule has 6 atom stereocenters. The van der Waals surface area contributed by atoms with E-state index in [1.54, 1.807) is 0 Å². The van der Waals surface area contributed by atoms with Crippen molar-refractivity contribution in [3.05, 3.63) is 11.9 Å². The Balaban J connectivity index is 2.49. The van der Waals surface area contributed by atoms with Crippen LogP contribution in [-0.4, -0.2) is 122 Å². The van der Waals surface area contributed by atoms with Gasteiger partial charge >= 0.3 is 6.03 Å². The van der Waals surface area contributed by atoms with Gasteiger partial charge in [0.05, 0.1) is 18.7 Å². The summed E-state index contributed by atoms with van der Waals surface area (Å²) in [4.78, 5) is 93.7. The fourth-order valence-corrected chi connectivity index (χ4v) is 4.14. The fraction of sp³-hybridized carbons (Fsp3) is 0.583. The van der Waals surface area contributed by atoms with Crippen LogP contribution in [0.5, 0.6) is 0 Å². The van der Waals surface area contributed by atoms with Crippen molar-refractivity contribution in [1.29, 1.82) is 0 Å². The maximum atomic E-state index is 13.4. The smallest absolute Gasteiger partial charge is 0.316 e. The molecule has 8 amide bonds. The van der Waals surface area contributed by atoms with Crippen molar-refractivity contribution in [2.24, 2.45) is 33.7 Å².